The number of rotatable bonds is 0. The zero-order valence-electron chi connectivity index (χ0n) is 4.87. The van der Waals surface area contributed by atoms with Crippen molar-refractivity contribution in [1.82, 2.24) is 4.90 Å². The van der Waals surface area contributed by atoms with Crippen molar-refractivity contribution in [3.05, 3.63) is 11.2 Å². The lowest BCUT2D eigenvalue weighted by molar-refractivity contribution is 0.568. The summed E-state index contributed by atoms with van der Waals surface area (Å²) in [6, 6.07) is 0. The quantitative estimate of drug-likeness (QED) is 0.522. The predicted molar refractivity (Wildman–Crippen MR) is 38.9 cm³/mol. The zero-order chi connectivity index (χ0) is 6.27. The molecular formula is C5H7N3S. The fourth-order valence-electron chi connectivity index (χ4n) is 0.944. The van der Waals surface area contributed by atoms with Gasteiger partial charge in [0.25, 0.3) is 0 Å². The van der Waals surface area contributed by atoms with Gasteiger partial charge in [-0.15, -0.1) is 0 Å². The van der Waals surface area contributed by atoms with Gasteiger partial charge in [-0.1, -0.05) is 11.8 Å². The van der Waals surface area contributed by atoms with Gasteiger partial charge >= 0.3 is 0 Å². The molecule has 0 aliphatic carbocycles. The van der Waals surface area contributed by atoms with Crippen LogP contribution in [0, 0.1) is 0 Å². The molecular weight excluding hydrogens is 134 g/mol. The number of hydrogen-bond donors (Lipinski definition) is 1. The fraction of sp³-hybridized carbons (Fsp3) is 0.400. The molecule has 2 heterocycles. The Morgan fingerprint density at radius 1 is 1.78 bits per heavy atom. The SMILES string of the molecule is NC1=CSC2=NCCN12. The Bertz CT molecular complexity index is 196. The van der Waals surface area contributed by atoms with E-state index in [9.17, 15) is 0 Å². The molecule has 2 aliphatic rings. The number of aliphatic imine (C=N–C) groups is 1. The van der Waals surface area contributed by atoms with Gasteiger partial charge in [0.05, 0.1) is 6.54 Å². The molecule has 0 spiro atoms. The lowest BCUT2D eigenvalue weighted by Gasteiger charge is -2.10. The van der Waals surface area contributed by atoms with Gasteiger partial charge in [-0.05, 0) is 0 Å². The normalized spacial score (nSPS) is 23.8. The molecule has 0 saturated carbocycles. The first-order valence-electron chi connectivity index (χ1n) is 2.82. The van der Waals surface area contributed by atoms with Gasteiger partial charge in [0.1, 0.15) is 5.82 Å². The summed E-state index contributed by atoms with van der Waals surface area (Å²) in [5, 5.41) is 2.99. The van der Waals surface area contributed by atoms with E-state index >= 15 is 0 Å². The molecule has 0 unspecified atom stereocenters. The molecule has 0 aromatic carbocycles. The predicted octanol–water partition coefficient (Wildman–Crippen LogP) is 0.162. The van der Waals surface area contributed by atoms with Crippen molar-refractivity contribution in [1.29, 1.82) is 0 Å². The number of hydrogen-bond acceptors (Lipinski definition) is 4. The maximum Gasteiger partial charge on any atom is 0.169 e. The van der Waals surface area contributed by atoms with Crippen molar-refractivity contribution in [2.45, 2.75) is 0 Å². The van der Waals surface area contributed by atoms with Crippen LogP contribution in [0.15, 0.2) is 16.2 Å². The molecule has 2 rings (SSSR count). The Kier molecular flexibility index (Phi) is 0.958. The van der Waals surface area contributed by atoms with Gasteiger partial charge in [-0.3, -0.25) is 4.99 Å². The summed E-state index contributed by atoms with van der Waals surface area (Å²) in [5.41, 5.74) is 5.61. The average molecular weight is 141 g/mol. The van der Waals surface area contributed by atoms with Gasteiger partial charge in [0.2, 0.25) is 0 Å². The molecule has 0 amide bonds. The molecule has 0 radical (unpaired) electrons. The number of nitrogens with two attached hydrogens (primary N) is 1. The van der Waals surface area contributed by atoms with Crippen LogP contribution in [0.2, 0.25) is 0 Å². The van der Waals surface area contributed by atoms with Crippen LogP contribution in [0.4, 0.5) is 0 Å². The van der Waals surface area contributed by atoms with E-state index in [1.54, 1.807) is 11.8 Å². The Balaban J connectivity index is 2.29. The Morgan fingerprint density at radius 3 is 3.44 bits per heavy atom. The summed E-state index contributed by atoms with van der Waals surface area (Å²) in [5.74, 6) is 0.844. The minimum Gasteiger partial charge on any atom is -0.385 e. The van der Waals surface area contributed by atoms with Gasteiger partial charge in [-0.25, -0.2) is 0 Å². The minimum absolute atomic E-state index is 0.844. The molecule has 2 N–H and O–H groups in total. The lowest BCUT2D eigenvalue weighted by atomic mass is 10.6. The zero-order valence-corrected chi connectivity index (χ0v) is 5.69. The molecule has 0 aromatic rings. The van der Waals surface area contributed by atoms with Crippen LogP contribution < -0.4 is 5.73 Å². The highest BCUT2D eigenvalue weighted by atomic mass is 32.2. The van der Waals surface area contributed by atoms with E-state index in [1.807, 2.05) is 10.3 Å². The van der Waals surface area contributed by atoms with E-state index in [4.69, 9.17) is 5.73 Å². The second-order valence-corrected chi connectivity index (χ2v) is 2.81. The third-order valence-electron chi connectivity index (χ3n) is 1.40. The topological polar surface area (TPSA) is 41.6 Å². The largest absolute Gasteiger partial charge is 0.385 e. The first-order valence-corrected chi connectivity index (χ1v) is 3.70. The van der Waals surface area contributed by atoms with Crippen LogP contribution in [0.3, 0.4) is 0 Å². The van der Waals surface area contributed by atoms with Crippen molar-refractivity contribution >= 4 is 16.9 Å². The summed E-state index contributed by atoms with van der Waals surface area (Å²) < 4.78 is 0. The van der Waals surface area contributed by atoms with E-state index in [-0.39, 0.29) is 0 Å². The Hall–Kier alpha value is -0.640. The average Bonchev–Trinajstić information content (AvgIpc) is 2.35. The molecule has 0 atom stereocenters. The maximum absolute atomic E-state index is 5.61. The van der Waals surface area contributed by atoms with E-state index in [0.29, 0.717) is 0 Å². The summed E-state index contributed by atoms with van der Waals surface area (Å²) in [7, 11) is 0. The van der Waals surface area contributed by atoms with Crippen LogP contribution in [-0.2, 0) is 0 Å². The fourth-order valence-corrected chi connectivity index (χ4v) is 1.79. The van der Waals surface area contributed by atoms with Crippen molar-refractivity contribution < 1.29 is 0 Å². The number of nitrogens with zero attached hydrogens (tertiary/aromatic N) is 2. The van der Waals surface area contributed by atoms with Crippen LogP contribution in [0.25, 0.3) is 0 Å². The van der Waals surface area contributed by atoms with Crippen molar-refractivity contribution in [3.63, 3.8) is 0 Å². The standard InChI is InChI=1S/C5H7N3S/c6-4-3-9-5-7-1-2-8(4)5/h3H,1-2,6H2. The van der Waals surface area contributed by atoms with Crippen molar-refractivity contribution in [2.75, 3.05) is 13.1 Å². The molecule has 2 aliphatic heterocycles. The van der Waals surface area contributed by atoms with Gasteiger partial charge in [0.15, 0.2) is 5.17 Å². The number of thioether (sulfide) groups is 1. The monoisotopic (exact) mass is 141 g/mol. The molecule has 0 aromatic heterocycles. The van der Waals surface area contributed by atoms with E-state index in [1.165, 1.54) is 0 Å². The van der Waals surface area contributed by atoms with E-state index in [2.05, 4.69) is 4.99 Å². The van der Waals surface area contributed by atoms with Crippen LogP contribution in [0.5, 0.6) is 0 Å². The smallest absolute Gasteiger partial charge is 0.169 e. The van der Waals surface area contributed by atoms with Crippen LogP contribution in [0.1, 0.15) is 0 Å². The second kappa shape index (κ2) is 1.67. The van der Waals surface area contributed by atoms with E-state index < -0.39 is 0 Å². The number of fused-ring (bicyclic) bond motifs is 1. The molecule has 0 fully saturated rings. The highest BCUT2D eigenvalue weighted by molar-refractivity contribution is 8.16. The molecule has 4 heteroatoms. The number of amidine groups is 1. The van der Waals surface area contributed by atoms with E-state index in [0.717, 1.165) is 24.1 Å². The summed E-state index contributed by atoms with van der Waals surface area (Å²) in [6.45, 7) is 1.86. The minimum atomic E-state index is 0.844. The molecule has 3 nitrogen and oxygen atoms in total. The second-order valence-electron chi connectivity index (χ2n) is 1.98. The van der Waals surface area contributed by atoms with Gasteiger partial charge < -0.3 is 10.6 Å². The highest BCUT2D eigenvalue weighted by Gasteiger charge is 2.23. The summed E-state index contributed by atoms with van der Waals surface area (Å²) in [6.07, 6.45) is 0. The third kappa shape index (κ3) is 0.627. The molecule has 48 valence electrons. The van der Waals surface area contributed by atoms with Gasteiger partial charge in [0, 0.05) is 12.0 Å². The summed E-state index contributed by atoms with van der Waals surface area (Å²) >= 11 is 1.61. The molecule has 0 saturated heterocycles. The molecule has 9 heavy (non-hydrogen) atoms. The van der Waals surface area contributed by atoms with Crippen molar-refractivity contribution in [3.8, 4) is 0 Å². The molecule has 0 bridgehead atoms. The first-order chi connectivity index (χ1) is 4.38. The van der Waals surface area contributed by atoms with Crippen LogP contribution >= 0.6 is 11.8 Å². The Morgan fingerprint density at radius 2 is 2.67 bits per heavy atom. The van der Waals surface area contributed by atoms with Gasteiger partial charge in [-0.2, -0.15) is 0 Å². The highest BCUT2D eigenvalue weighted by Crippen LogP contribution is 2.25. The summed E-state index contributed by atoms with van der Waals surface area (Å²) in [4.78, 5) is 6.25. The first kappa shape index (κ1) is 5.17. The third-order valence-corrected chi connectivity index (χ3v) is 2.32. The Labute approximate surface area is 57.6 Å². The van der Waals surface area contributed by atoms with Crippen molar-refractivity contribution in [2.24, 2.45) is 10.7 Å². The maximum atomic E-state index is 5.61. The lowest BCUT2D eigenvalue weighted by Crippen LogP contribution is -2.25. The van der Waals surface area contributed by atoms with Crippen LogP contribution in [-0.4, -0.2) is 23.2 Å².